The number of anilines is 1. The van der Waals surface area contributed by atoms with E-state index in [1.807, 2.05) is 45.9 Å². The number of benzene rings is 1. The van der Waals surface area contributed by atoms with Crippen molar-refractivity contribution < 1.29 is 10.2 Å². The lowest BCUT2D eigenvalue weighted by Gasteiger charge is -2.30. The van der Waals surface area contributed by atoms with Gasteiger partial charge in [-0.1, -0.05) is 30.3 Å². The lowest BCUT2D eigenvalue weighted by atomic mass is 9.82. The highest BCUT2D eigenvalue weighted by Gasteiger charge is 2.46. The molecule has 0 radical (unpaired) electrons. The predicted octanol–water partition coefficient (Wildman–Crippen LogP) is 3.28. The van der Waals surface area contributed by atoms with Crippen LogP contribution in [0.3, 0.4) is 0 Å². The highest BCUT2D eigenvalue weighted by Crippen LogP contribution is 2.45. The summed E-state index contributed by atoms with van der Waals surface area (Å²) in [5.41, 5.74) is 9.54. The van der Waals surface area contributed by atoms with Crippen LogP contribution in [0, 0.1) is 11.8 Å². The molecule has 5 N–H and O–H groups in total. The molecule has 11 heteroatoms. The predicted molar refractivity (Wildman–Crippen MR) is 146 cm³/mol. The van der Waals surface area contributed by atoms with Crippen LogP contribution in [0.2, 0.25) is 5.28 Å². The van der Waals surface area contributed by atoms with Crippen molar-refractivity contribution in [1.29, 1.82) is 0 Å². The van der Waals surface area contributed by atoms with Crippen molar-refractivity contribution in [2.75, 3.05) is 18.8 Å². The molecule has 1 aliphatic carbocycles. The van der Waals surface area contributed by atoms with E-state index in [2.05, 4.69) is 27.4 Å². The molecule has 4 aromatic rings. The van der Waals surface area contributed by atoms with Crippen molar-refractivity contribution in [1.82, 2.24) is 29.6 Å². The van der Waals surface area contributed by atoms with Crippen LogP contribution in [0.4, 0.5) is 5.82 Å². The van der Waals surface area contributed by atoms with Gasteiger partial charge in [-0.05, 0) is 67.4 Å². The van der Waals surface area contributed by atoms with Gasteiger partial charge in [0.1, 0.15) is 17.6 Å². The van der Waals surface area contributed by atoms with Crippen molar-refractivity contribution in [2.24, 2.45) is 11.8 Å². The van der Waals surface area contributed by atoms with Crippen LogP contribution in [-0.2, 0) is 6.54 Å². The van der Waals surface area contributed by atoms with Gasteiger partial charge in [0.05, 0.1) is 29.8 Å². The van der Waals surface area contributed by atoms with Crippen LogP contribution in [0.1, 0.15) is 30.9 Å². The molecular formula is C26H31Cl2N7O2. The summed E-state index contributed by atoms with van der Waals surface area (Å²) in [4.78, 5) is 8.69. The van der Waals surface area contributed by atoms with Crippen molar-refractivity contribution >= 4 is 40.9 Å². The summed E-state index contributed by atoms with van der Waals surface area (Å²) in [6.45, 7) is 2.52. The van der Waals surface area contributed by atoms with Gasteiger partial charge < -0.3 is 25.8 Å². The van der Waals surface area contributed by atoms with Gasteiger partial charge in [0.25, 0.3) is 0 Å². The number of hydrogen-bond acceptors (Lipinski definition) is 7. The first-order chi connectivity index (χ1) is 17.5. The second-order valence-corrected chi connectivity index (χ2v) is 10.3. The second-order valence-electron chi connectivity index (χ2n) is 9.95. The fraction of sp³-hybridized carbons (Fsp3) is 0.423. The van der Waals surface area contributed by atoms with E-state index in [-0.39, 0.29) is 35.5 Å². The van der Waals surface area contributed by atoms with Crippen LogP contribution in [0.5, 0.6) is 0 Å². The maximum atomic E-state index is 11.1. The summed E-state index contributed by atoms with van der Waals surface area (Å²) in [6.07, 6.45) is 4.79. The average molecular weight is 544 g/mol. The van der Waals surface area contributed by atoms with E-state index < -0.39 is 12.2 Å². The summed E-state index contributed by atoms with van der Waals surface area (Å²) in [6, 6.07) is 11.7. The van der Waals surface area contributed by atoms with Crippen LogP contribution in [0.15, 0.2) is 48.8 Å². The molecule has 0 amide bonds. The van der Waals surface area contributed by atoms with Gasteiger partial charge in [0.2, 0.25) is 5.28 Å². The van der Waals surface area contributed by atoms with Gasteiger partial charge in [0.15, 0.2) is 0 Å². The summed E-state index contributed by atoms with van der Waals surface area (Å²) in [7, 11) is 0. The Labute approximate surface area is 226 Å². The summed E-state index contributed by atoms with van der Waals surface area (Å²) >= 11 is 6.21. The Morgan fingerprint density at radius 3 is 2.57 bits per heavy atom. The molecule has 6 rings (SSSR count). The standard InChI is InChI=1S/C26H30ClN7O2.ClH/c27-26-30-24(28)21-18(19-8-11-33(32-19)13-15-4-2-1-3-5-15)14-34(25(21)31-26)20-12-17(22(35)23(20)36)16-6-9-29-10-7-16;/h1-5,8,11,14,16-17,20,22-23,29,35-36H,6-7,9-10,12-13H2,(H2,28,30,31);1H/t17-,20-,22-,23+;/m1./s1. The van der Waals surface area contributed by atoms with Crippen LogP contribution >= 0.6 is 24.0 Å². The molecule has 0 unspecified atom stereocenters. The number of hydrogen-bond donors (Lipinski definition) is 4. The second kappa shape index (κ2) is 10.6. The van der Waals surface area contributed by atoms with Gasteiger partial charge in [-0.15, -0.1) is 12.4 Å². The molecule has 1 aliphatic heterocycles. The fourth-order valence-corrected chi connectivity index (χ4v) is 6.19. The maximum Gasteiger partial charge on any atom is 0.226 e. The lowest BCUT2D eigenvalue weighted by molar-refractivity contribution is -0.00767. The third-order valence-corrected chi connectivity index (χ3v) is 7.99. The van der Waals surface area contributed by atoms with E-state index in [0.717, 1.165) is 42.8 Å². The van der Waals surface area contributed by atoms with Gasteiger partial charge in [-0.25, -0.2) is 4.98 Å². The molecule has 9 nitrogen and oxygen atoms in total. The minimum absolute atomic E-state index is 0. The molecule has 0 spiro atoms. The first kappa shape index (κ1) is 25.9. The van der Waals surface area contributed by atoms with Crippen molar-refractivity contribution in [3.05, 3.63) is 59.6 Å². The number of rotatable bonds is 5. The molecule has 2 aliphatic rings. The maximum absolute atomic E-state index is 11.1. The Bertz CT molecular complexity index is 1370. The first-order valence-corrected chi connectivity index (χ1v) is 12.9. The molecule has 1 saturated carbocycles. The minimum Gasteiger partial charge on any atom is -0.390 e. The van der Waals surface area contributed by atoms with E-state index in [1.54, 1.807) is 0 Å². The van der Waals surface area contributed by atoms with Gasteiger partial charge in [-0.3, -0.25) is 4.68 Å². The highest BCUT2D eigenvalue weighted by molar-refractivity contribution is 6.29. The van der Waals surface area contributed by atoms with Crippen molar-refractivity contribution in [2.45, 2.75) is 44.1 Å². The Balaban J connectivity index is 0.00000280. The molecule has 196 valence electrons. The lowest BCUT2D eigenvalue weighted by Crippen LogP contribution is -2.37. The third kappa shape index (κ3) is 4.82. The third-order valence-electron chi connectivity index (χ3n) is 7.82. The molecule has 2 fully saturated rings. The SMILES string of the molecule is Cl.Nc1nc(Cl)nc2c1c(-c1ccn(Cc3ccccc3)n1)cn2[C@@H]1C[C@H](C2CCNCC2)[C@@H](O)[C@H]1O. The molecule has 4 heterocycles. The normalized spacial score (nSPS) is 24.4. The van der Waals surface area contributed by atoms with Gasteiger partial charge in [0, 0.05) is 18.0 Å². The zero-order valence-corrected chi connectivity index (χ0v) is 21.8. The number of aliphatic hydroxyl groups is 2. The quantitative estimate of drug-likeness (QED) is 0.284. The minimum atomic E-state index is -0.918. The fourth-order valence-electron chi connectivity index (χ4n) is 6.02. The number of halogens is 2. The summed E-state index contributed by atoms with van der Waals surface area (Å²) in [5, 5.41) is 31.0. The largest absolute Gasteiger partial charge is 0.390 e. The Morgan fingerprint density at radius 1 is 1.05 bits per heavy atom. The molecule has 1 aromatic carbocycles. The van der Waals surface area contributed by atoms with Gasteiger partial charge in [-0.2, -0.15) is 10.1 Å². The number of aliphatic hydroxyl groups excluding tert-OH is 2. The van der Waals surface area contributed by atoms with E-state index in [1.165, 1.54) is 0 Å². The molecule has 3 aromatic heterocycles. The molecule has 4 atom stereocenters. The Morgan fingerprint density at radius 2 is 1.81 bits per heavy atom. The number of nitrogens with two attached hydrogens (primary N) is 1. The number of nitrogens with zero attached hydrogens (tertiary/aromatic N) is 5. The van der Waals surface area contributed by atoms with Crippen LogP contribution in [0.25, 0.3) is 22.3 Å². The Hall–Kier alpha value is -2.69. The van der Waals surface area contributed by atoms with Crippen LogP contribution in [-0.4, -0.2) is 59.8 Å². The molecule has 37 heavy (non-hydrogen) atoms. The summed E-state index contributed by atoms with van der Waals surface area (Å²) < 4.78 is 3.79. The molecular weight excluding hydrogens is 513 g/mol. The zero-order chi connectivity index (χ0) is 24.8. The van der Waals surface area contributed by atoms with E-state index in [0.29, 0.717) is 29.9 Å². The van der Waals surface area contributed by atoms with Crippen molar-refractivity contribution in [3.63, 3.8) is 0 Å². The topological polar surface area (TPSA) is 127 Å². The molecule has 1 saturated heterocycles. The smallest absolute Gasteiger partial charge is 0.226 e. The first-order valence-electron chi connectivity index (χ1n) is 12.5. The number of nitrogens with one attached hydrogen (secondary N) is 1. The number of piperidine rings is 1. The number of nitrogen functional groups attached to an aromatic ring is 1. The van der Waals surface area contributed by atoms with Crippen molar-refractivity contribution in [3.8, 4) is 11.3 Å². The number of fused-ring (bicyclic) bond motifs is 1. The van der Waals surface area contributed by atoms with E-state index >= 15 is 0 Å². The monoisotopic (exact) mass is 543 g/mol. The number of aromatic nitrogens is 5. The molecule has 0 bridgehead atoms. The summed E-state index contributed by atoms with van der Waals surface area (Å²) in [5.74, 6) is 0.659. The highest BCUT2D eigenvalue weighted by atomic mass is 35.5. The zero-order valence-electron chi connectivity index (χ0n) is 20.2. The van der Waals surface area contributed by atoms with E-state index in [9.17, 15) is 10.2 Å². The Kier molecular flexibility index (Phi) is 7.42. The van der Waals surface area contributed by atoms with E-state index in [4.69, 9.17) is 22.4 Å². The van der Waals surface area contributed by atoms with Crippen LogP contribution < -0.4 is 11.1 Å². The van der Waals surface area contributed by atoms with Gasteiger partial charge >= 0.3 is 0 Å². The average Bonchev–Trinajstić information content (AvgIpc) is 3.57.